The Labute approximate surface area is 163 Å². The number of amides is 2. The minimum Gasteiger partial charge on any atom is -0.447 e. The van der Waals surface area contributed by atoms with Crippen LogP contribution >= 0.6 is 11.8 Å². The van der Waals surface area contributed by atoms with Gasteiger partial charge in [-0.3, -0.25) is 4.79 Å². The van der Waals surface area contributed by atoms with Gasteiger partial charge in [-0.2, -0.15) is 11.8 Å². The second-order valence-electron chi connectivity index (χ2n) is 7.31. The van der Waals surface area contributed by atoms with Crippen LogP contribution in [0.3, 0.4) is 0 Å². The van der Waals surface area contributed by atoms with Gasteiger partial charge in [-0.15, -0.1) is 0 Å². The van der Waals surface area contributed by atoms with Crippen molar-refractivity contribution in [2.45, 2.75) is 44.9 Å². The zero-order chi connectivity index (χ0) is 19.9. The van der Waals surface area contributed by atoms with E-state index >= 15 is 0 Å². The molecule has 1 aliphatic heterocycles. The second-order valence-corrected chi connectivity index (χ2v) is 8.34. The molecule has 1 heterocycles. The number of nitrogens with one attached hydrogen (secondary N) is 2. The number of alkyl carbamates (subject to hydrolysis) is 2. The molecule has 148 valence electrons. The van der Waals surface area contributed by atoms with Crippen LogP contribution in [0.2, 0.25) is 0 Å². The van der Waals surface area contributed by atoms with Gasteiger partial charge >= 0.3 is 12.2 Å². The highest BCUT2D eigenvalue weighted by Crippen LogP contribution is 2.12. The summed E-state index contributed by atoms with van der Waals surface area (Å²) in [6.45, 7) is 5.63. The number of ether oxygens (including phenoxy) is 2. The summed E-state index contributed by atoms with van der Waals surface area (Å²) in [6, 6.07) is 8.73. The molecule has 0 radical (unpaired) electrons. The largest absolute Gasteiger partial charge is 0.447 e. The van der Waals surface area contributed by atoms with E-state index in [4.69, 9.17) is 9.47 Å². The van der Waals surface area contributed by atoms with E-state index in [2.05, 4.69) is 10.6 Å². The number of Topliss-reactive ketones (excluding diaryl/α,β-unsaturated/α-hetero) is 1. The molecule has 8 heteroatoms. The summed E-state index contributed by atoms with van der Waals surface area (Å²) in [5.74, 6) is 0.696. The van der Waals surface area contributed by atoms with Crippen molar-refractivity contribution in [2.24, 2.45) is 0 Å². The number of benzene rings is 1. The minimum atomic E-state index is -0.677. The molecule has 2 atom stereocenters. The molecule has 2 amide bonds. The first-order valence-electron chi connectivity index (χ1n) is 8.80. The lowest BCUT2D eigenvalue weighted by molar-refractivity contribution is -0.118. The number of rotatable bonds is 8. The molecule has 1 aromatic rings. The fraction of sp³-hybridized carbons (Fsp3) is 0.526. The summed E-state index contributed by atoms with van der Waals surface area (Å²) < 4.78 is 10.1. The van der Waals surface area contributed by atoms with Crippen LogP contribution < -0.4 is 10.6 Å². The fourth-order valence-electron chi connectivity index (χ4n) is 2.46. The maximum atomic E-state index is 12.7. The Balaban J connectivity index is 1.91. The number of cyclic esters (lactones) is 1. The van der Waals surface area contributed by atoms with Crippen molar-refractivity contribution in [2.75, 3.05) is 18.1 Å². The van der Waals surface area contributed by atoms with Crippen LogP contribution in [0.1, 0.15) is 26.3 Å². The lowest BCUT2D eigenvalue weighted by Gasteiger charge is -2.23. The summed E-state index contributed by atoms with van der Waals surface area (Å²) in [6.07, 6.45) is -0.651. The summed E-state index contributed by atoms with van der Waals surface area (Å²) in [7, 11) is 0. The Bertz CT molecular complexity index is 660. The van der Waals surface area contributed by atoms with E-state index in [1.165, 1.54) is 11.8 Å². The van der Waals surface area contributed by atoms with E-state index in [1.807, 2.05) is 30.3 Å². The summed E-state index contributed by atoms with van der Waals surface area (Å²) in [5.41, 5.74) is 0.313. The average molecular weight is 394 g/mol. The molecule has 0 spiro atoms. The molecule has 1 aliphatic rings. The lowest BCUT2D eigenvalue weighted by Crippen LogP contribution is -2.45. The quantitative estimate of drug-likeness (QED) is 0.704. The van der Waals surface area contributed by atoms with Gasteiger partial charge in [-0.25, -0.2) is 9.59 Å². The molecule has 27 heavy (non-hydrogen) atoms. The van der Waals surface area contributed by atoms with E-state index in [9.17, 15) is 14.4 Å². The highest BCUT2D eigenvalue weighted by molar-refractivity contribution is 8.00. The minimum absolute atomic E-state index is 0.0957. The third kappa shape index (κ3) is 7.90. The van der Waals surface area contributed by atoms with Crippen molar-refractivity contribution in [3.05, 3.63) is 35.9 Å². The molecule has 1 saturated heterocycles. The van der Waals surface area contributed by atoms with Crippen LogP contribution in [-0.4, -0.2) is 53.8 Å². The summed E-state index contributed by atoms with van der Waals surface area (Å²) >= 11 is 1.40. The smallest absolute Gasteiger partial charge is 0.408 e. The van der Waals surface area contributed by atoms with Gasteiger partial charge in [0.05, 0.1) is 17.8 Å². The topological polar surface area (TPSA) is 93.7 Å². The van der Waals surface area contributed by atoms with Crippen LogP contribution in [0.25, 0.3) is 0 Å². The lowest BCUT2D eigenvalue weighted by atomic mass is 10.0. The highest BCUT2D eigenvalue weighted by Gasteiger charge is 2.26. The van der Waals surface area contributed by atoms with Crippen molar-refractivity contribution < 1.29 is 23.9 Å². The predicted molar refractivity (Wildman–Crippen MR) is 104 cm³/mol. The number of ketones is 1. The zero-order valence-corrected chi connectivity index (χ0v) is 16.6. The van der Waals surface area contributed by atoms with Crippen LogP contribution in [0.4, 0.5) is 9.59 Å². The fourth-order valence-corrected chi connectivity index (χ4v) is 3.45. The maximum absolute atomic E-state index is 12.7. The van der Waals surface area contributed by atoms with Gasteiger partial charge in [0, 0.05) is 5.75 Å². The van der Waals surface area contributed by atoms with Gasteiger partial charge in [-0.1, -0.05) is 30.3 Å². The molecule has 0 aliphatic carbocycles. The van der Waals surface area contributed by atoms with E-state index in [-0.39, 0.29) is 17.6 Å². The molecule has 2 rings (SSSR count). The second kappa shape index (κ2) is 9.64. The Morgan fingerprint density at radius 3 is 2.63 bits per heavy atom. The standard InChI is InChI=1S/C19H26N2O5S/c1-19(2,3)26-18(24)21-15(9-13-7-5-4-6-8-13)16(22)12-27-11-14-10-25-17(23)20-14/h4-8,14-15H,9-12H2,1-3H3,(H,20,23)(H,21,24)/t14-,15?/m0/s1. The SMILES string of the molecule is CC(C)(C)OC(=O)NC(Cc1ccccc1)C(=O)CSC[C@@H]1COC(=O)N1. The van der Waals surface area contributed by atoms with Gasteiger partial charge in [0.2, 0.25) is 0 Å². The van der Waals surface area contributed by atoms with Crippen molar-refractivity contribution in [3.8, 4) is 0 Å². The van der Waals surface area contributed by atoms with Crippen LogP contribution in [0.5, 0.6) is 0 Å². The first kappa shape index (κ1) is 21.1. The van der Waals surface area contributed by atoms with E-state index in [0.29, 0.717) is 18.8 Å². The Kier molecular flexibility index (Phi) is 7.53. The van der Waals surface area contributed by atoms with E-state index < -0.39 is 23.8 Å². The van der Waals surface area contributed by atoms with Crippen LogP contribution in [-0.2, 0) is 20.7 Å². The molecule has 2 N–H and O–H groups in total. The monoisotopic (exact) mass is 394 g/mol. The van der Waals surface area contributed by atoms with Gasteiger partial charge < -0.3 is 20.1 Å². The van der Waals surface area contributed by atoms with Gasteiger partial charge in [0.15, 0.2) is 5.78 Å². The molecule has 1 aromatic carbocycles. The van der Waals surface area contributed by atoms with Gasteiger partial charge in [-0.05, 0) is 32.8 Å². The molecular weight excluding hydrogens is 368 g/mol. The summed E-state index contributed by atoms with van der Waals surface area (Å²) in [4.78, 5) is 35.8. The third-order valence-electron chi connectivity index (χ3n) is 3.66. The molecule has 0 aromatic heterocycles. The first-order chi connectivity index (χ1) is 12.7. The Hall–Kier alpha value is -2.22. The van der Waals surface area contributed by atoms with Crippen LogP contribution in [0, 0.1) is 0 Å². The third-order valence-corrected chi connectivity index (χ3v) is 4.79. The molecule has 1 unspecified atom stereocenters. The Morgan fingerprint density at radius 2 is 2.04 bits per heavy atom. The maximum Gasteiger partial charge on any atom is 0.408 e. The summed E-state index contributed by atoms with van der Waals surface area (Å²) in [5, 5.41) is 5.36. The van der Waals surface area contributed by atoms with Crippen molar-refractivity contribution >= 4 is 29.7 Å². The first-order valence-corrected chi connectivity index (χ1v) is 9.95. The normalized spacial score (nSPS) is 17.6. The number of hydrogen-bond acceptors (Lipinski definition) is 6. The highest BCUT2D eigenvalue weighted by atomic mass is 32.2. The van der Waals surface area contributed by atoms with Crippen LogP contribution in [0.15, 0.2) is 30.3 Å². The molecule has 0 saturated carbocycles. The molecular formula is C19H26N2O5S. The number of hydrogen-bond donors (Lipinski definition) is 2. The molecule has 7 nitrogen and oxygen atoms in total. The number of thioether (sulfide) groups is 1. The zero-order valence-electron chi connectivity index (χ0n) is 15.8. The average Bonchev–Trinajstić information content (AvgIpc) is 2.98. The van der Waals surface area contributed by atoms with Gasteiger partial charge in [0.25, 0.3) is 0 Å². The van der Waals surface area contributed by atoms with E-state index in [0.717, 1.165) is 5.56 Å². The van der Waals surface area contributed by atoms with Crippen molar-refractivity contribution in [1.82, 2.24) is 10.6 Å². The molecule has 1 fully saturated rings. The molecule has 0 bridgehead atoms. The van der Waals surface area contributed by atoms with Crippen molar-refractivity contribution in [3.63, 3.8) is 0 Å². The van der Waals surface area contributed by atoms with E-state index in [1.54, 1.807) is 20.8 Å². The Morgan fingerprint density at radius 1 is 1.33 bits per heavy atom. The predicted octanol–water partition coefficient (Wildman–Crippen LogP) is 2.53. The number of carbonyl (C=O) groups excluding carboxylic acids is 3. The van der Waals surface area contributed by atoms with Crippen molar-refractivity contribution in [1.29, 1.82) is 0 Å². The van der Waals surface area contributed by atoms with Gasteiger partial charge in [0.1, 0.15) is 12.2 Å². The number of carbonyl (C=O) groups is 3.